The van der Waals surface area contributed by atoms with Crippen molar-refractivity contribution < 1.29 is 67.8 Å². The number of rotatable bonds is 10. The van der Waals surface area contributed by atoms with E-state index in [0.717, 1.165) is 13.8 Å². The Kier molecular flexibility index (Phi) is 11.8. The van der Waals surface area contributed by atoms with Crippen LogP contribution in [0.2, 0.25) is 0 Å². The predicted molar refractivity (Wildman–Crippen MR) is 218 cm³/mol. The molecule has 2 saturated carbocycles. The van der Waals surface area contributed by atoms with Crippen molar-refractivity contribution >= 4 is 35.6 Å². The molecule has 1 aliphatic heterocycles. The largest absolute Gasteiger partial charge is 0.456 e. The molecule has 0 radical (unpaired) electrons. The number of carbonyl (C=O) groups excluding carboxylic acids is 6. The fraction of sp³-hybridized carbons (Fsp3) is 0.447. The first-order valence-corrected chi connectivity index (χ1v) is 20.5. The minimum absolute atomic E-state index is 0.00289. The van der Waals surface area contributed by atoms with Crippen LogP contribution in [0.25, 0.3) is 0 Å². The molecule has 3 aromatic rings. The number of ketones is 1. The van der Waals surface area contributed by atoms with Crippen LogP contribution in [0, 0.1) is 16.7 Å². The molecule has 4 N–H and O–H groups in total. The lowest BCUT2D eigenvalue weighted by molar-refractivity contribution is -0.346. The van der Waals surface area contributed by atoms with Crippen molar-refractivity contribution in [1.29, 1.82) is 0 Å². The molecule has 2 unspecified atom stereocenters. The number of hydrogen-bond acceptors (Lipinski definition) is 14. The highest BCUT2D eigenvalue weighted by Gasteiger charge is 2.78. The van der Waals surface area contributed by atoms with E-state index in [4.69, 9.17) is 23.7 Å². The van der Waals surface area contributed by atoms with Crippen LogP contribution in [0.3, 0.4) is 0 Å². The Hall–Kier alpha value is -5.74. The quantitative estimate of drug-likeness (QED) is 0.130. The van der Waals surface area contributed by atoms with E-state index in [-0.39, 0.29) is 35.3 Å². The second kappa shape index (κ2) is 16.5. The Morgan fingerprint density at radius 2 is 1.40 bits per heavy atom. The van der Waals surface area contributed by atoms with Crippen molar-refractivity contribution in [3.8, 4) is 0 Å². The summed E-state index contributed by atoms with van der Waals surface area (Å²) in [6.45, 7) is 7.97. The molecule has 1 heterocycles. The summed E-state index contributed by atoms with van der Waals surface area (Å²) >= 11 is 0. The molecule has 328 valence electrons. The summed E-state index contributed by atoms with van der Waals surface area (Å²) in [6.07, 6.45) is -10.5. The van der Waals surface area contributed by atoms with Crippen LogP contribution in [-0.4, -0.2) is 105 Å². The summed E-state index contributed by atoms with van der Waals surface area (Å²) < 4.78 is 30.3. The van der Waals surface area contributed by atoms with Crippen LogP contribution in [0.15, 0.2) is 102 Å². The summed E-state index contributed by atoms with van der Waals surface area (Å²) in [4.78, 5) is 83.5. The molecule has 4 aliphatic rings. The number of esters is 4. The van der Waals surface area contributed by atoms with Crippen molar-refractivity contribution in [1.82, 2.24) is 5.32 Å². The number of ether oxygens (including phenoxy) is 5. The number of hydrogen-bond donors (Lipinski definition) is 4. The summed E-state index contributed by atoms with van der Waals surface area (Å²) in [6, 6.07) is 22.9. The van der Waals surface area contributed by atoms with Gasteiger partial charge in [0.05, 0.1) is 35.6 Å². The molecule has 2 bridgehead atoms. The summed E-state index contributed by atoms with van der Waals surface area (Å²) in [5, 5.41) is 40.2. The second-order valence-electron chi connectivity index (χ2n) is 17.4. The van der Waals surface area contributed by atoms with Gasteiger partial charge in [0.15, 0.2) is 23.6 Å². The number of aliphatic hydroxyl groups excluding tert-OH is 2. The van der Waals surface area contributed by atoms with Crippen LogP contribution < -0.4 is 5.32 Å². The molecule has 11 atom stereocenters. The molecule has 15 heteroatoms. The fourth-order valence-corrected chi connectivity index (χ4v) is 10.2. The molecule has 1 amide bonds. The second-order valence-corrected chi connectivity index (χ2v) is 17.4. The lowest BCUT2D eigenvalue weighted by Crippen LogP contribution is -2.82. The predicted octanol–water partition coefficient (Wildman–Crippen LogP) is 3.74. The van der Waals surface area contributed by atoms with Gasteiger partial charge in [0.2, 0.25) is 0 Å². The van der Waals surface area contributed by atoms with Crippen LogP contribution >= 0.6 is 0 Å². The zero-order valence-electron chi connectivity index (χ0n) is 35.2. The smallest absolute Gasteiger partial charge is 0.338 e. The monoisotopic (exact) mass is 853 g/mol. The van der Waals surface area contributed by atoms with E-state index in [9.17, 15) is 39.3 Å². The van der Waals surface area contributed by atoms with Crippen LogP contribution in [0.4, 0.5) is 0 Å². The summed E-state index contributed by atoms with van der Waals surface area (Å²) in [5.41, 5.74) is -7.02. The van der Waals surface area contributed by atoms with E-state index in [1.165, 1.54) is 26.0 Å². The molecular formula is C47H51NO14. The van der Waals surface area contributed by atoms with Gasteiger partial charge in [-0.25, -0.2) is 9.59 Å². The van der Waals surface area contributed by atoms with Gasteiger partial charge in [-0.3, -0.25) is 19.2 Å². The van der Waals surface area contributed by atoms with Gasteiger partial charge in [-0.1, -0.05) is 80.6 Å². The zero-order chi connectivity index (χ0) is 44.9. The van der Waals surface area contributed by atoms with Crippen molar-refractivity contribution in [2.24, 2.45) is 16.7 Å². The maximum atomic E-state index is 15.5. The lowest BCUT2D eigenvalue weighted by atomic mass is 9.44. The lowest BCUT2D eigenvalue weighted by Gasteiger charge is -2.67. The normalized spacial score (nSPS) is 31.9. The highest BCUT2D eigenvalue weighted by Crippen LogP contribution is 2.64. The van der Waals surface area contributed by atoms with Gasteiger partial charge in [-0.15, -0.1) is 0 Å². The van der Waals surface area contributed by atoms with Crippen LogP contribution in [0.1, 0.15) is 86.7 Å². The number of Topliss-reactive ketones (excluding diaryl/α,β-unsaturated/α-hetero) is 1. The fourth-order valence-electron chi connectivity index (χ4n) is 10.2. The third-order valence-corrected chi connectivity index (χ3v) is 13.5. The van der Waals surface area contributed by atoms with Gasteiger partial charge in [-0.2, -0.15) is 0 Å². The number of aliphatic hydroxyl groups is 3. The SMILES string of the molecule is CC(=O)O[C@H]1C(=O)[C@@]2(C)C([C@H](OC(=O)c3ccccc3)[C@]3(O)C[C@H](OC(=O)[C@H](O)C(NC(=O)c4ccccc4)c4ccccc4)C(C)=C1C3(C)C)[C@]1(OC(C)=O)CO[C@@H]1C[C@@H]2O. The average Bonchev–Trinajstić information content (AvgIpc) is 3.24. The van der Waals surface area contributed by atoms with Crippen molar-refractivity contribution in [3.63, 3.8) is 0 Å². The zero-order valence-corrected chi connectivity index (χ0v) is 35.2. The first kappa shape index (κ1) is 44.3. The Bertz CT molecular complexity index is 2280. The number of benzene rings is 3. The number of nitrogens with one attached hydrogen (secondary N) is 1. The topological polar surface area (TPSA) is 221 Å². The Balaban J connectivity index is 1.39. The van der Waals surface area contributed by atoms with E-state index in [1.54, 1.807) is 92.7 Å². The molecule has 3 aliphatic carbocycles. The Morgan fingerprint density at radius 3 is 1.95 bits per heavy atom. The molecular weight excluding hydrogens is 803 g/mol. The van der Waals surface area contributed by atoms with E-state index < -0.39 is 113 Å². The molecule has 1 saturated heterocycles. The van der Waals surface area contributed by atoms with Gasteiger partial charge in [-0.05, 0) is 54.8 Å². The van der Waals surface area contributed by atoms with Gasteiger partial charge < -0.3 is 44.3 Å². The maximum Gasteiger partial charge on any atom is 0.338 e. The number of amides is 1. The van der Waals surface area contributed by atoms with E-state index in [1.807, 2.05) is 0 Å². The molecule has 0 spiro atoms. The van der Waals surface area contributed by atoms with Crippen molar-refractivity contribution in [3.05, 3.63) is 119 Å². The van der Waals surface area contributed by atoms with E-state index >= 15 is 4.79 Å². The molecule has 7 rings (SSSR count). The third kappa shape index (κ3) is 7.29. The van der Waals surface area contributed by atoms with Crippen LogP contribution in [0.5, 0.6) is 0 Å². The molecule has 0 aromatic heterocycles. The van der Waals surface area contributed by atoms with E-state index in [0.29, 0.717) is 5.56 Å². The number of carbonyl (C=O) groups is 6. The van der Waals surface area contributed by atoms with Gasteiger partial charge in [0.1, 0.15) is 23.9 Å². The van der Waals surface area contributed by atoms with Crippen LogP contribution in [-0.2, 0) is 42.9 Å². The number of fused-ring (bicyclic) bond motifs is 5. The first-order chi connectivity index (χ1) is 29.3. The maximum absolute atomic E-state index is 15.5. The highest BCUT2D eigenvalue weighted by atomic mass is 16.6. The third-order valence-electron chi connectivity index (χ3n) is 13.5. The Morgan fingerprint density at radius 1 is 0.823 bits per heavy atom. The highest BCUT2D eigenvalue weighted by molar-refractivity contribution is 5.96. The van der Waals surface area contributed by atoms with Crippen molar-refractivity contribution in [2.75, 3.05) is 6.61 Å². The van der Waals surface area contributed by atoms with Gasteiger partial charge in [0.25, 0.3) is 5.91 Å². The molecule has 3 aromatic carbocycles. The van der Waals surface area contributed by atoms with Gasteiger partial charge in [0, 0.05) is 37.7 Å². The van der Waals surface area contributed by atoms with Gasteiger partial charge >= 0.3 is 23.9 Å². The first-order valence-electron chi connectivity index (χ1n) is 20.5. The Labute approximate surface area is 358 Å². The molecule has 3 fully saturated rings. The molecule has 15 nitrogen and oxygen atoms in total. The minimum Gasteiger partial charge on any atom is -0.456 e. The minimum atomic E-state index is -2.39. The van der Waals surface area contributed by atoms with Crippen molar-refractivity contribution in [2.45, 2.75) is 108 Å². The average molecular weight is 854 g/mol. The standard InChI is InChI=1S/C47H51NO14/c1-25-31(60-43(56)36(52)35(28-16-10-7-11-17-28)48-41(54)29-18-12-8-13-19-29)23-47(57)40(61-42(55)30-20-14-9-15-21-30)38-45(6,32(51)22-33-46(38,24-58-33)62-27(3)50)39(53)37(59-26(2)49)34(25)44(47,4)5/h7-21,31-33,35-38,40,51-52,57H,22-24H2,1-6H3,(H,48,54)/t31-,32-,33+,35?,36+,37+,38?,40-,45+,46-,47+/m0/s1. The summed E-state index contributed by atoms with van der Waals surface area (Å²) in [7, 11) is 0. The summed E-state index contributed by atoms with van der Waals surface area (Å²) in [5.74, 6) is -6.84. The van der Waals surface area contributed by atoms with E-state index in [2.05, 4.69) is 5.32 Å². The molecule has 62 heavy (non-hydrogen) atoms.